The summed E-state index contributed by atoms with van der Waals surface area (Å²) in [5, 5.41) is 35.3. The molecule has 4 rings (SSSR count). The van der Waals surface area contributed by atoms with Gasteiger partial charge in [0.25, 0.3) is 23.2 Å². The number of hydrogen-bond acceptors (Lipinski definition) is 7. The molecule has 3 aromatic rings. The minimum absolute atomic E-state index is 0.0901. The predicted molar refractivity (Wildman–Crippen MR) is 159 cm³/mol. The zero-order valence-electron chi connectivity index (χ0n) is 24.3. The van der Waals surface area contributed by atoms with Crippen molar-refractivity contribution in [3.63, 3.8) is 0 Å². The van der Waals surface area contributed by atoms with Gasteiger partial charge >= 0.3 is 5.97 Å². The van der Waals surface area contributed by atoms with Crippen LogP contribution in [0.3, 0.4) is 0 Å². The summed E-state index contributed by atoms with van der Waals surface area (Å²) in [6, 6.07) is 19.3. The van der Waals surface area contributed by atoms with Crippen molar-refractivity contribution in [2.45, 2.75) is 45.0 Å². The Balaban J connectivity index is 1.96. The number of aliphatic hydroxyl groups is 1. The van der Waals surface area contributed by atoms with Gasteiger partial charge < -0.3 is 20.4 Å². The van der Waals surface area contributed by atoms with Gasteiger partial charge in [-0.05, 0) is 35.6 Å². The fourth-order valence-electron chi connectivity index (χ4n) is 5.28. The van der Waals surface area contributed by atoms with Crippen molar-refractivity contribution in [3.8, 4) is 0 Å². The van der Waals surface area contributed by atoms with E-state index in [1.54, 1.807) is 74.5 Å². The molecule has 3 amide bonds. The molecule has 12 nitrogen and oxygen atoms in total. The number of hydrogen-bond donors (Lipinski definition) is 3. The van der Waals surface area contributed by atoms with E-state index in [0.717, 1.165) is 11.8 Å². The van der Waals surface area contributed by atoms with Crippen LogP contribution in [0.15, 0.2) is 91.1 Å². The van der Waals surface area contributed by atoms with Crippen LogP contribution >= 0.6 is 0 Å². The Bertz CT molecular complexity index is 1590. The lowest BCUT2D eigenvalue weighted by atomic mass is 9.89. The Labute approximate surface area is 253 Å². The Morgan fingerprint density at radius 2 is 1.55 bits per heavy atom. The van der Waals surface area contributed by atoms with Crippen molar-refractivity contribution < 1.29 is 34.3 Å². The van der Waals surface area contributed by atoms with Crippen LogP contribution in [-0.2, 0) is 20.8 Å². The van der Waals surface area contributed by atoms with Gasteiger partial charge in [-0.3, -0.25) is 29.4 Å². The smallest absolute Gasteiger partial charge is 0.359 e. The number of carbonyl (C=O) groups excluding carboxylic acids is 3. The maximum atomic E-state index is 14.6. The molecule has 0 saturated carbocycles. The monoisotopic (exact) mass is 600 g/mol. The molecule has 0 aliphatic carbocycles. The molecule has 3 atom stereocenters. The van der Waals surface area contributed by atoms with Crippen LogP contribution in [0.25, 0.3) is 5.70 Å². The zero-order chi connectivity index (χ0) is 32.2. The summed E-state index contributed by atoms with van der Waals surface area (Å²) in [6.45, 7) is 4.48. The number of nitro groups is 1. The first-order chi connectivity index (χ1) is 20.8. The Morgan fingerprint density at radius 3 is 2.05 bits per heavy atom. The van der Waals surface area contributed by atoms with Gasteiger partial charge in [-0.15, -0.1) is 0 Å². The van der Waals surface area contributed by atoms with Crippen LogP contribution in [0.4, 0.5) is 5.69 Å². The quantitative estimate of drug-likeness (QED) is 0.181. The number of carbonyl (C=O) groups is 4. The highest BCUT2D eigenvalue weighted by atomic mass is 16.6. The molecule has 3 aromatic carbocycles. The predicted octanol–water partition coefficient (Wildman–Crippen LogP) is 3.42. The Morgan fingerprint density at radius 1 is 0.977 bits per heavy atom. The molecule has 1 aliphatic rings. The molecular formula is C32H32N4O8. The summed E-state index contributed by atoms with van der Waals surface area (Å²) in [5.74, 6) is -4.42. The van der Waals surface area contributed by atoms with Crippen molar-refractivity contribution in [2.24, 2.45) is 5.92 Å². The number of nitrogens with one attached hydrogen (secondary N) is 1. The molecule has 1 heterocycles. The second-order valence-electron chi connectivity index (χ2n) is 10.8. The van der Waals surface area contributed by atoms with E-state index in [0.29, 0.717) is 11.1 Å². The summed E-state index contributed by atoms with van der Waals surface area (Å²) in [4.78, 5) is 66.4. The highest BCUT2D eigenvalue weighted by Crippen LogP contribution is 2.36. The molecular weight excluding hydrogens is 568 g/mol. The summed E-state index contributed by atoms with van der Waals surface area (Å²) in [5.41, 5.74) is -1.94. The zero-order valence-corrected chi connectivity index (χ0v) is 24.3. The van der Waals surface area contributed by atoms with Gasteiger partial charge in [-0.25, -0.2) is 4.79 Å². The van der Waals surface area contributed by atoms with Gasteiger partial charge in [0.05, 0.1) is 10.6 Å². The van der Waals surface area contributed by atoms with E-state index in [1.165, 1.54) is 35.4 Å². The average Bonchev–Trinajstić information content (AvgIpc) is 2.99. The first-order valence-electron chi connectivity index (χ1n) is 13.8. The second-order valence-corrected chi connectivity index (χ2v) is 10.8. The maximum absolute atomic E-state index is 14.6. The Kier molecular flexibility index (Phi) is 9.24. The van der Waals surface area contributed by atoms with E-state index < -0.39 is 52.3 Å². The lowest BCUT2D eigenvalue weighted by molar-refractivity contribution is -0.384. The van der Waals surface area contributed by atoms with E-state index in [4.69, 9.17) is 0 Å². The number of non-ortho nitro benzene ring substituents is 1. The molecule has 12 heteroatoms. The number of nitro benzene ring substituents is 1. The van der Waals surface area contributed by atoms with Gasteiger partial charge in [0, 0.05) is 30.8 Å². The van der Waals surface area contributed by atoms with Gasteiger partial charge in [0.2, 0.25) is 5.91 Å². The van der Waals surface area contributed by atoms with E-state index in [2.05, 4.69) is 5.32 Å². The molecule has 0 aromatic heterocycles. The van der Waals surface area contributed by atoms with E-state index in [-0.39, 0.29) is 23.4 Å². The largest absolute Gasteiger partial charge is 0.478 e. The molecule has 3 N–H and O–H groups in total. The third-order valence-corrected chi connectivity index (χ3v) is 7.33. The molecule has 2 unspecified atom stereocenters. The normalized spacial score (nSPS) is 17.0. The lowest BCUT2D eigenvalue weighted by Crippen LogP contribution is -2.70. The number of carboxylic acid groups (broad SMARTS) is 1. The fourth-order valence-corrected chi connectivity index (χ4v) is 5.28. The minimum atomic E-state index is -2.93. The van der Waals surface area contributed by atoms with Crippen molar-refractivity contribution in [3.05, 3.63) is 118 Å². The standard InChI is InChI=1S/C32H32N4O8/c1-20(2)28-30(39)35(27(18-22-10-6-4-7-11-22)32(42,31(40)41)33-21(3)37)26(23-12-8-5-9-13-23)19-34(28)29(38)24-14-16-25(17-15-24)36(43)44/h4-17,19-20,27-28,42H,18H2,1-3H3,(H,33,37)(H,40,41)/t27-,28?,32?/m0/s1. The highest BCUT2D eigenvalue weighted by Gasteiger charge is 2.54. The van der Waals surface area contributed by atoms with Gasteiger partial charge in [-0.1, -0.05) is 74.5 Å². The van der Waals surface area contributed by atoms with Crippen LogP contribution in [0.1, 0.15) is 42.3 Å². The molecule has 1 aliphatic heterocycles. The van der Waals surface area contributed by atoms with Crippen LogP contribution in [0, 0.1) is 16.0 Å². The molecule has 44 heavy (non-hydrogen) atoms. The number of nitrogens with zero attached hydrogens (tertiary/aromatic N) is 3. The van der Waals surface area contributed by atoms with Gasteiger partial charge in [0.1, 0.15) is 12.1 Å². The van der Waals surface area contributed by atoms with E-state index in [1.807, 2.05) is 0 Å². The van der Waals surface area contributed by atoms with Crippen molar-refractivity contribution in [1.82, 2.24) is 15.1 Å². The SMILES string of the molecule is CC(=O)NC(O)(C(=O)O)[C@H](Cc1ccccc1)N1C(=O)C(C(C)C)N(C(=O)c2ccc([N+](=O)[O-])cc2)C=C1c1ccccc1. The lowest BCUT2D eigenvalue weighted by Gasteiger charge is -2.47. The molecule has 0 spiro atoms. The van der Waals surface area contributed by atoms with Gasteiger partial charge in [-0.2, -0.15) is 0 Å². The van der Waals surface area contributed by atoms with E-state index >= 15 is 0 Å². The first-order valence-corrected chi connectivity index (χ1v) is 13.8. The molecule has 0 radical (unpaired) electrons. The van der Waals surface area contributed by atoms with Crippen molar-refractivity contribution in [2.75, 3.05) is 0 Å². The number of benzene rings is 3. The number of carboxylic acids is 1. The minimum Gasteiger partial charge on any atom is -0.478 e. The van der Waals surface area contributed by atoms with Crippen molar-refractivity contribution in [1.29, 1.82) is 0 Å². The van der Waals surface area contributed by atoms with Crippen molar-refractivity contribution >= 4 is 35.1 Å². The van der Waals surface area contributed by atoms with Crippen LogP contribution < -0.4 is 5.32 Å². The third kappa shape index (κ3) is 6.35. The second kappa shape index (κ2) is 12.9. The van der Waals surface area contributed by atoms with Crippen LogP contribution in [-0.4, -0.2) is 66.4 Å². The number of aliphatic carboxylic acids is 1. The van der Waals surface area contributed by atoms with E-state index in [9.17, 15) is 39.5 Å². The maximum Gasteiger partial charge on any atom is 0.359 e. The van der Waals surface area contributed by atoms with Crippen LogP contribution in [0.5, 0.6) is 0 Å². The first kappa shape index (κ1) is 31.6. The summed E-state index contributed by atoms with van der Waals surface area (Å²) in [6.07, 6.45) is 1.24. The Hall–Kier alpha value is -5.36. The summed E-state index contributed by atoms with van der Waals surface area (Å²) in [7, 11) is 0. The van der Waals surface area contributed by atoms with Crippen LogP contribution in [0.2, 0.25) is 0 Å². The fraction of sp³-hybridized carbons (Fsp3) is 0.250. The highest BCUT2D eigenvalue weighted by molar-refractivity contribution is 6.03. The topological polar surface area (TPSA) is 170 Å². The average molecular weight is 601 g/mol. The number of rotatable bonds is 10. The summed E-state index contributed by atoms with van der Waals surface area (Å²) < 4.78 is 0. The molecule has 0 fully saturated rings. The molecule has 0 saturated heterocycles. The number of amides is 3. The third-order valence-electron chi connectivity index (χ3n) is 7.33. The molecule has 228 valence electrons. The van der Waals surface area contributed by atoms with Gasteiger partial charge in [0.15, 0.2) is 0 Å². The summed E-state index contributed by atoms with van der Waals surface area (Å²) >= 11 is 0. The molecule has 0 bridgehead atoms.